The SMILES string of the molecule is COc1cccc([C@H]2CN(C(=O)c3ccco3)[C@@H]3C4CCN(CC4)[C@H]23)c1. The molecule has 0 aliphatic carbocycles. The van der Waals surface area contributed by atoms with Gasteiger partial charge >= 0.3 is 0 Å². The number of amides is 1. The average Bonchev–Trinajstić information content (AvgIpc) is 3.37. The first-order valence-corrected chi connectivity index (χ1v) is 9.49. The summed E-state index contributed by atoms with van der Waals surface area (Å²) in [5, 5.41) is 0. The first kappa shape index (κ1) is 15.9. The monoisotopic (exact) mass is 352 g/mol. The maximum absolute atomic E-state index is 13.1. The molecule has 0 spiro atoms. The average molecular weight is 352 g/mol. The molecule has 2 aromatic rings. The molecule has 5 heterocycles. The van der Waals surface area contributed by atoms with Gasteiger partial charge in [0, 0.05) is 18.5 Å². The van der Waals surface area contributed by atoms with E-state index in [2.05, 4.69) is 28.0 Å². The number of hydrogen-bond acceptors (Lipinski definition) is 4. The van der Waals surface area contributed by atoms with Crippen LogP contribution in [0.4, 0.5) is 0 Å². The van der Waals surface area contributed by atoms with Gasteiger partial charge in [0.25, 0.3) is 5.91 Å². The maximum Gasteiger partial charge on any atom is 0.289 e. The lowest BCUT2D eigenvalue weighted by molar-refractivity contribution is -0.00429. The largest absolute Gasteiger partial charge is 0.497 e. The van der Waals surface area contributed by atoms with Crippen molar-refractivity contribution in [2.75, 3.05) is 26.7 Å². The summed E-state index contributed by atoms with van der Waals surface area (Å²) in [6.45, 7) is 3.04. The number of furan rings is 1. The summed E-state index contributed by atoms with van der Waals surface area (Å²) in [6.07, 6.45) is 3.96. The first-order chi connectivity index (χ1) is 12.8. The van der Waals surface area contributed by atoms with Crippen molar-refractivity contribution in [3.8, 4) is 5.75 Å². The lowest BCUT2D eigenvalue weighted by Gasteiger charge is -2.51. The number of methoxy groups -OCH3 is 1. The summed E-state index contributed by atoms with van der Waals surface area (Å²) >= 11 is 0. The minimum atomic E-state index is 0.0316. The lowest BCUT2D eigenvalue weighted by atomic mass is 9.75. The van der Waals surface area contributed by atoms with Gasteiger partial charge in [-0.25, -0.2) is 0 Å². The van der Waals surface area contributed by atoms with Gasteiger partial charge in [-0.3, -0.25) is 9.69 Å². The Kier molecular flexibility index (Phi) is 3.78. The van der Waals surface area contributed by atoms with Gasteiger partial charge in [0.1, 0.15) is 5.75 Å². The predicted octanol–water partition coefficient (Wildman–Crippen LogP) is 2.99. The standard InChI is InChI=1S/C21H24N2O3/c1-25-16-5-2-4-15(12-16)17-13-23(21(24)18-6-3-11-26-18)19-14-7-9-22(10-8-14)20(17)19/h2-6,11-12,14,17,19-20H,7-10,13H2,1H3/t17-,19-,20-/m1/s1. The van der Waals surface area contributed by atoms with Gasteiger partial charge in [0.05, 0.1) is 19.4 Å². The molecule has 5 nitrogen and oxygen atoms in total. The summed E-state index contributed by atoms with van der Waals surface area (Å²) in [4.78, 5) is 17.8. The molecule has 26 heavy (non-hydrogen) atoms. The second-order valence-electron chi connectivity index (χ2n) is 7.67. The van der Waals surface area contributed by atoms with E-state index in [0.717, 1.165) is 25.4 Å². The minimum Gasteiger partial charge on any atom is -0.497 e. The number of piperidine rings is 3. The number of likely N-dealkylation sites (tertiary alicyclic amines) is 1. The van der Waals surface area contributed by atoms with Crippen LogP contribution >= 0.6 is 0 Å². The fourth-order valence-corrected chi connectivity index (χ4v) is 5.36. The van der Waals surface area contributed by atoms with Gasteiger partial charge < -0.3 is 14.1 Å². The van der Waals surface area contributed by atoms with Crippen LogP contribution in [-0.2, 0) is 0 Å². The Morgan fingerprint density at radius 3 is 2.73 bits per heavy atom. The van der Waals surface area contributed by atoms with Crippen LogP contribution in [0.3, 0.4) is 0 Å². The van der Waals surface area contributed by atoms with Gasteiger partial charge in [-0.1, -0.05) is 12.1 Å². The van der Waals surface area contributed by atoms with E-state index < -0.39 is 0 Å². The molecule has 6 rings (SSSR count). The van der Waals surface area contributed by atoms with Crippen molar-refractivity contribution in [1.82, 2.24) is 9.80 Å². The smallest absolute Gasteiger partial charge is 0.289 e. The molecular weight excluding hydrogens is 328 g/mol. The highest BCUT2D eigenvalue weighted by molar-refractivity contribution is 5.92. The van der Waals surface area contributed by atoms with E-state index in [9.17, 15) is 4.79 Å². The zero-order valence-electron chi connectivity index (χ0n) is 15.0. The van der Waals surface area contributed by atoms with Crippen molar-refractivity contribution in [3.05, 3.63) is 54.0 Å². The van der Waals surface area contributed by atoms with Gasteiger partial charge in [0.2, 0.25) is 0 Å². The zero-order valence-corrected chi connectivity index (χ0v) is 15.0. The number of carbonyl (C=O) groups excluding carboxylic acids is 1. The Morgan fingerprint density at radius 2 is 2.00 bits per heavy atom. The van der Waals surface area contributed by atoms with Crippen LogP contribution in [0.25, 0.3) is 0 Å². The Hall–Kier alpha value is -2.27. The number of carbonyl (C=O) groups is 1. The van der Waals surface area contributed by atoms with E-state index in [1.807, 2.05) is 6.07 Å². The highest BCUT2D eigenvalue weighted by Gasteiger charge is 2.55. The Morgan fingerprint density at radius 1 is 1.15 bits per heavy atom. The van der Waals surface area contributed by atoms with Gasteiger partial charge in [-0.05, 0) is 61.7 Å². The van der Waals surface area contributed by atoms with E-state index in [-0.39, 0.29) is 11.9 Å². The molecule has 4 aliphatic rings. The summed E-state index contributed by atoms with van der Waals surface area (Å²) in [5.74, 6) is 2.28. The van der Waals surface area contributed by atoms with Crippen LogP contribution in [0, 0.1) is 5.92 Å². The van der Waals surface area contributed by atoms with Gasteiger partial charge in [0.15, 0.2) is 5.76 Å². The molecule has 0 unspecified atom stereocenters. The normalized spacial score (nSPS) is 32.5. The number of fused-ring (bicyclic) bond motifs is 2. The molecule has 0 N–H and O–H groups in total. The third-order valence-corrected chi connectivity index (χ3v) is 6.51. The van der Waals surface area contributed by atoms with Crippen molar-refractivity contribution in [1.29, 1.82) is 0 Å². The molecule has 1 aromatic heterocycles. The Balaban J connectivity index is 1.53. The molecule has 2 bridgehead atoms. The van der Waals surface area contributed by atoms with Crippen LogP contribution in [0.2, 0.25) is 0 Å². The van der Waals surface area contributed by atoms with Gasteiger partial charge in [-0.15, -0.1) is 0 Å². The van der Waals surface area contributed by atoms with Crippen molar-refractivity contribution in [2.45, 2.75) is 30.8 Å². The fraction of sp³-hybridized carbons (Fsp3) is 0.476. The molecule has 4 aliphatic heterocycles. The van der Waals surface area contributed by atoms with E-state index in [1.54, 1.807) is 25.5 Å². The number of hydrogen-bond donors (Lipinski definition) is 0. The Bertz CT molecular complexity index is 795. The van der Waals surface area contributed by atoms with Crippen molar-refractivity contribution in [3.63, 3.8) is 0 Å². The third kappa shape index (κ3) is 2.37. The Labute approximate surface area is 153 Å². The maximum atomic E-state index is 13.1. The molecule has 3 atom stereocenters. The zero-order chi connectivity index (χ0) is 17.7. The predicted molar refractivity (Wildman–Crippen MR) is 97.4 cm³/mol. The molecular formula is C21H24N2O3. The van der Waals surface area contributed by atoms with E-state index in [0.29, 0.717) is 23.6 Å². The molecule has 4 fully saturated rings. The molecule has 0 saturated carbocycles. The number of rotatable bonds is 3. The number of benzene rings is 1. The second kappa shape index (κ2) is 6.16. The van der Waals surface area contributed by atoms with Gasteiger partial charge in [-0.2, -0.15) is 0 Å². The minimum absolute atomic E-state index is 0.0316. The van der Waals surface area contributed by atoms with Crippen LogP contribution in [0.15, 0.2) is 47.1 Å². The van der Waals surface area contributed by atoms with Crippen LogP contribution in [0.1, 0.15) is 34.9 Å². The van der Waals surface area contributed by atoms with E-state index >= 15 is 0 Å². The quantitative estimate of drug-likeness (QED) is 0.852. The summed E-state index contributed by atoms with van der Waals surface area (Å²) < 4.78 is 10.9. The molecule has 0 radical (unpaired) electrons. The summed E-state index contributed by atoms with van der Waals surface area (Å²) in [5.41, 5.74) is 1.27. The van der Waals surface area contributed by atoms with Crippen LogP contribution in [-0.4, -0.2) is 54.5 Å². The number of nitrogens with zero attached hydrogens (tertiary/aromatic N) is 2. The molecule has 4 saturated heterocycles. The van der Waals surface area contributed by atoms with E-state index in [4.69, 9.17) is 9.15 Å². The van der Waals surface area contributed by atoms with E-state index in [1.165, 1.54) is 18.4 Å². The first-order valence-electron chi connectivity index (χ1n) is 9.49. The van der Waals surface area contributed by atoms with Crippen LogP contribution in [0.5, 0.6) is 5.75 Å². The van der Waals surface area contributed by atoms with Crippen molar-refractivity contribution < 1.29 is 13.9 Å². The fourth-order valence-electron chi connectivity index (χ4n) is 5.36. The molecule has 1 amide bonds. The van der Waals surface area contributed by atoms with Crippen molar-refractivity contribution >= 4 is 5.91 Å². The topological polar surface area (TPSA) is 45.9 Å². The summed E-state index contributed by atoms with van der Waals surface area (Å²) in [6, 6.07) is 12.6. The highest BCUT2D eigenvalue weighted by Crippen LogP contribution is 2.47. The molecule has 5 heteroatoms. The third-order valence-electron chi connectivity index (χ3n) is 6.51. The second-order valence-corrected chi connectivity index (χ2v) is 7.67. The lowest BCUT2D eigenvalue weighted by Crippen LogP contribution is -2.60. The van der Waals surface area contributed by atoms with Crippen LogP contribution < -0.4 is 4.74 Å². The highest BCUT2D eigenvalue weighted by atomic mass is 16.5. The molecule has 136 valence electrons. The number of ether oxygens (including phenoxy) is 1. The summed E-state index contributed by atoms with van der Waals surface area (Å²) in [7, 11) is 1.70. The molecule has 1 aromatic carbocycles. The van der Waals surface area contributed by atoms with Crippen molar-refractivity contribution in [2.24, 2.45) is 5.92 Å².